The molecule has 2 nitrogen and oxygen atoms in total. The number of phenolic OH excluding ortho intramolecular Hbond substituents is 1. The first kappa shape index (κ1) is 9.22. The molecule has 0 bridgehead atoms. The number of phenols is 1. The molecule has 2 aliphatic rings. The van der Waals surface area contributed by atoms with Gasteiger partial charge in [-0.05, 0) is 55.3 Å². The summed E-state index contributed by atoms with van der Waals surface area (Å²) in [5.74, 6) is 1.23. The van der Waals surface area contributed by atoms with Crippen LogP contribution in [0.4, 0.5) is 0 Å². The lowest BCUT2D eigenvalue weighted by molar-refractivity contribution is 0.260. The van der Waals surface area contributed by atoms with Crippen molar-refractivity contribution in [1.29, 1.82) is 0 Å². The SMILES string of the molecule is Oc1cccc2c1CC1CCCNC1C2. The molecule has 1 heterocycles. The Hall–Kier alpha value is -1.02. The zero-order valence-corrected chi connectivity index (χ0v) is 8.87. The van der Waals surface area contributed by atoms with Crippen LogP contribution in [0.5, 0.6) is 5.75 Å². The fraction of sp³-hybridized carbons (Fsp3) is 0.538. The summed E-state index contributed by atoms with van der Waals surface area (Å²) in [4.78, 5) is 0. The normalized spacial score (nSPS) is 29.3. The Morgan fingerprint density at radius 3 is 3.13 bits per heavy atom. The number of hydrogen-bond donors (Lipinski definition) is 2. The molecule has 1 aromatic carbocycles. The first-order valence-corrected chi connectivity index (χ1v) is 5.88. The number of fused-ring (bicyclic) bond motifs is 2. The van der Waals surface area contributed by atoms with Crippen LogP contribution >= 0.6 is 0 Å². The van der Waals surface area contributed by atoms with E-state index in [-0.39, 0.29) is 0 Å². The molecule has 1 fully saturated rings. The van der Waals surface area contributed by atoms with Gasteiger partial charge < -0.3 is 10.4 Å². The standard InChI is InChI=1S/C13H17NO/c15-13-5-1-3-9-8-12-10(7-11(9)13)4-2-6-14-12/h1,3,5,10,12,14-15H,2,4,6-8H2. The average molecular weight is 203 g/mol. The zero-order valence-electron chi connectivity index (χ0n) is 8.87. The molecule has 0 amide bonds. The molecule has 2 heteroatoms. The van der Waals surface area contributed by atoms with E-state index in [2.05, 4.69) is 11.4 Å². The van der Waals surface area contributed by atoms with E-state index in [1.165, 1.54) is 24.0 Å². The smallest absolute Gasteiger partial charge is 0.119 e. The summed E-state index contributed by atoms with van der Waals surface area (Å²) in [6, 6.07) is 6.57. The minimum Gasteiger partial charge on any atom is -0.508 e. The van der Waals surface area contributed by atoms with Crippen LogP contribution in [0.1, 0.15) is 24.0 Å². The van der Waals surface area contributed by atoms with Crippen molar-refractivity contribution < 1.29 is 5.11 Å². The quantitative estimate of drug-likeness (QED) is 0.674. The fourth-order valence-electron chi connectivity index (χ4n) is 3.05. The Morgan fingerprint density at radius 1 is 1.27 bits per heavy atom. The zero-order chi connectivity index (χ0) is 10.3. The maximum atomic E-state index is 9.83. The van der Waals surface area contributed by atoms with Gasteiger partial charge in [0.1, 0.15) is 5.75 Å². The Balaban J connectivity index is 1.95. The number of hydrogen-bond acceptors (Lipinski definition) is 2. The lowest BCUT2D eigenvalue weighted by Gasteiger charge is -2.37. The van der Waals surface area contributed by atoms with E-state index in [1.54, 1.807) is 0 Å². The van der Waals surface area contributed by atoms with Crippen LogP contribution in [0.2, 0.25) is 0 Å². The van der Waals surface area contributed by atoms with Crippen LogP contribution in [-0.2, 0) is 12.8 Å². The van der Waals surface area contributed by atoms with Crippen LogP contribution in [0.25, 0.3) is 0 Å². The van der Waals surface area contributed by atoms with E-state index in [9.17, 15) is 5.11 Å². The average Bonchev–Trinajstić information content (AvgIpc) is 2.27. The van der Waals surface area contributed by atoms with Crippen LogP contribution in [0, 0.1) is 5.92 Å². The van der Waals surface area contributed by atoms with Crippen molar-refractivity contribution in [2.45, 2.75) is 31.7 Å². The van der Waals surface area contributed by atoms with Crippen molar-refractivity contribution in [2.75, 3.05) is 6.54 Å². The lowest BCUT2D eigenvalue weighted by Crippen LogP contribution is -2.45. The van der Waals surface area contributed by atoms with Crippen LogP contribution < -0.4 is 5.32 Å². The van der Waals surface area contributed by atoms with Gasteiger partial charge in [-0.2, -0.15) is 0 Å². The lowest BCUT2D eigenvalue weighted by atomic mass is 9.76. The van der Waals surface area contributed by atoms with Crippen molar-refractivity contribution in [1.82, 2.24) is 5.32 Å². The number of aromatic hydroxyl groups is 1. The molecule has 2 atom stereocenters. The minimum atomic E-state index is 0.497. The summed E-state index contributed by atoms with van der Waals surface area (Å²) in [6.45, 7) is 1.16. The van der Waals surface area contributed by atoms with Gasteiger partial charge in [0.05, 0.1) is 0 Å². The van der Waals surface area contributed by atoms with Crippen molar-refractivity contribution in [3.8, 4) is 5.75 Å². The van der Waals surface area contributed by atoms with Crippen molar-refractivity contribution in [3.05, 3.63) is 29.3 Å². The number of benzene rings is 1. The Morgan fingerprint density at radius 2 is 2.20 bits per heavy atom. The third kappa shape index (κ3) is 1.53. The summed E-state index contributed by atoms with van der Waals surface area (Å²) >= 11 is 0. The van der Waals surface area contributed by atoms with Gasteiger partial charge in [-0.3, -0.25) is 0 Å². The fourth-order valence-corrected chi connectivity index (χ4v) is 3.05. The van der Waals surface area contributed by atoms with E-state index in [1.807, 2.05) is 12.1 Å². The first-order valence-electron chi connectivity index (χ1n) is 5.88. The second kappa shape index (κ2) is 3.53. The highest BCUT2D eigenvalue weighted by Gasteiger charge is 2.31. The number of piperidine rings is 1. The van der Waals surface area contributed by atoms with Gasteiger partial charge in [-0.25, -0.2) is 0 Å². The van der Waals surface area contributed by atoms with Gasteiger partial charge >= 0.3 is 0 Å². The molecule has 1 aliphatic carbocycles. The number of rotatable bonds is 0. The van der Waals surface area contributed by atoms with Gasteiger partial charge in [0.2, 0.25) is 0 Å². The number of nitrogens with one attached hydrogen (secondary N) is 1. The topological polar surface area (TPSA) is 32.3 Å². The Bertz CT molecular complexity index is 375. The van der Waals surface area contributed by atoms with E-state index in [4.69, 9.17) is 0 Å². The van der Waals surface area contributed by atoms with Crippen molar-refractivity contribution >= 4 is 0 Å². The third-order valence-corrected chi connectivity index (χ3v) is 3.88. The van der Waals surface area contributed by atoms with Gasteiger partial charge in [-0.15, -0.1) is 0 Å². The van der Waals surface area contributed by atoms with Crippen LogP contribution in [-0.4, -0.2) is 17.7 Å². The maximum Gasteiger partial charge on any atom is 0.119 e. The third-order valence-electron chi connectivity index (χ3n) is 3.88. The summed E-state index contributed by atoms with van der Waals surface area (Å²) in [5.41, 5.74) is 2.54. The molecule has 15 heavy (non-hydrogen) atoms. The minimum absolute atomic E-state index is 0.497. The van der Waals surface area contributed by atoms with Crippen LogP contribution in [0.3, 0.4) is 0 Å². The molecular weight excluding hydrogens is 186 g/mol. The highest BCUT2D eigenvalue weighted by Crippen LogP contribution is 2.34. The monoisotopic (exact) mass is 203 g/mol. The maximum absolute atomic E-state index is 9.83. The van der Waals surface area contributed by atoms with Crippen molar-refractivity contribution in [2.24, 2.45) is 5.92 Å². The second-order valence-electron chi connectivity index (χ2n) is 4.79. The molecule has 2 N–H and O–H groups in total. The molecule has 0 radical (unpaired) electrons. The molecule has 2 unspecified atom stereocenters. The molecule has 1 aliphatic heterocycles. The van der Waals surface area contributed by atoms with Crippen LogP contribution in [0.15, 0.2) is 18.2 Å². The molecule has 1 aromatic rings. The molecule has 3 rings (SSSR count). The summed E-state index contributed by atoms with van der Waals surface area (Å²) < 4.78 is 0. The predicted molar refractivity (Wildman–Crippen MR) is 60.0 cm³/mol. The summed E-state index contributed by atoms with van der Waals surface area (Å²) in [7, 11) is 0. The Labute approximate surface area is 90.3 Å². The Kier molecular flexibility index (Phi) is 2.17. The molecule has 80 valence electrons. The predicted octanol–water partition coefficient (Wildman–Crippen LogP) is 1.86. The van der Waals surface area contributed by atoms with Gasteiger partial charge in [0.15, 0.2) is 0 Å². The van der Waals surface area contributed by atoms with Crippen molar-refractivity contribution in [3.63, 3.8) is 0 Å². The largest absolute Gasteiger partial charge is 0.508 e. The highest BCUT2D eigenvalue weighted by atomic mass is 16.3. The molecular formula is C13H17NO. The van der Waals surface area contributed by atoms with Gasteiger partial charge in [0, 0.05) is 6.04 Å². The van der Waals surface area contributed by atoms with E-state index >= 15 is 0 Å². The first-order chi connectivity index (χ1) is 7.34. The highest BCUT2D eigenvalue weighted by molar-refractivity contribution is 5.42. The molecule has 1 saturated heterocycles. The van der Waals surface area contributed by atoms with E-state index in [0.29, 0.717) is 11.8 Å². The van der Waals surface area contributed by atoms with Gasteiger partial charge in [-0.1, -0.05) is 12.1 Å². The molecule has 0 aromatic heterocycles. The molecule has 0 saturated carbocycles. The van der Waals surface area contributed by atoms with E-state index < -0.39 is 0 Å². The second-order valence-corrected chi connectivity index (χ2v) is 4.79. The van der Waals surface area contributed by atoms with Gasteiger partial charge in [0.25, 0.3) is 0 Å². The summed E-state index contributed by atoms with van der Waals surface area (Å²) in [6.07, 6.45) is 4.74. The van der Waals surface area contributed by atoms with E-state index in [0.717, 1.165) is 25.3 Å². The summed E-state index contributed by atoms with van der Waals surface area (Å²) in [5, 5.41) is 13.4. The molecule has 0 spiro atoms.